The second-order valence-corrected chi connectivity index (χ2v) is 12.5. The molecule has 0 bridgehead atoms. The highest BCUT2D eigenvalue weighted by Crippen LogP contribution is 2.38. The molecule has 3 unspecified atom stereocenters. The summed E-state index contributed by atoms with van der Waals surface area (Å²) in [5, 5.41) is 2.29. The van der Waals surface area contributed by atoms with Crippen LogP contribution in [-0.4, -0.2) is 28.4 Å². The lowest BCUT2D eigenvalue weighted by molar-refractivity contribution is -0.141. The summed E-state index contributed by atoms with van der Waals surface area (Å²) < 4.78 is 21.8. The SMILES string of the molecule is c1ccc(COCC2CC(OCc3ccccc3)CC(c3cn(Cc4ncc(-c5ccccc5)s4)c4ccccc34)O2)cc1. The summed E-state index contributed by atoms with van der Waals surface area (Å²) in [6.45, 7) is 2.39. The van der Waals surface area contributed by atoms with Gasteiger partial charge in [-0.15, -0.1) is 11.3 Å². The summed E-state index contributed by atoms with van der Waals surface area (Å²) in [5.74, 6) is 0. The van der Waals surface area contributed by atoms with Gasteiger partial charge in [-0.25, -0.2) is 4.98 Å². The molecule has 0 saturated carbocycles. The van der Waals surface area contributed by atoms with E-state index < -0.39 is 0 Å². The molecule has 0 amide bonds. The number of para-hydroxylation sites is 1. The van der Waals surface area contributed by atoms with E-state index in [9.17, 15) is 0 Å². The van der Waals surface area contributed by atoms with Gasteiger partial charge in [-0.1, -0.05) is 109 Å². The fourth-order valence-electron chi connectivity index (χ4n) is 6.01. The first kappa shape index (κ1) is 28.7. The van der Waals surface area contributed by atoms with Gasteiger partial charge in [-0.2, -0.15) is 0 Å². The third-order valence-electron chi connectivity index (χ3n) is 8.19. The topological polar surface area (TPSA) is 45.5 Å². The summed E-state index contributed by atoms with van der Waals surface area (Å²) >= 11 is 1.75. The standard InChI is InChI=1S/C38H36N2O3S/c1-4-12-28(13-5-1)25-41-27-32-20-31(42-26-29-14-6-2-7-15-29)21-36(43-32)34-23-40(35-19-11-10-18-33(34)35)24-38-39-22-37(44-38)30-16-8-3-9-17-30/h1-19,22-23,31-32,36H,20-21,24-27H2. The Kier molecular flexibility index (Phi) is 8.93. The van der Waals surface area contributed by atoms with Gasteiger partial charge in [0.05, 0.1) is 49.6 Å². The quantitative estimate of drug-likeness (QED) is 0.149. The molecule has 3 atom stereocenters. The molecule has 0 N–H and O–H groups in total. The molecule has 1 aliphatic heterocycles. The second kappa shape index (κ2) is 13.7. The van der Waals surface area contributed by atoms with E-state index in [-0.39, 0.29) is 18.3 Å². The summed E-state index contributed by atoms with van der Waals surface area (Å²) in [6.07, 6.45) is 5.75. The highest BCUT2D eigenvalue weighted by Gasteiger charge is 2.33. The Bertz CT molecular complexity index is 1770. The lowest BCUT2D eigenvalue weighted by Crippen LogP contribution is -2.35. The normalized spacial score (nSPS) is 18.5. The predicted octanol–water partition coefficient (Wildman–Crippen LogP) is 8.84. The molecule has 3 heterocycles. The molecule has 7 rings (SSSR count). The van der Waals surface area contributed by atoms with Crippen LogP contribution in [0.25, 0.3) is 21.3 Å². The van der Waals surface area contributed by atoms with Crippen molar-refractivity contribution >= 4 is 22.2 Å². The van der Waals surface area contributed by atoms with Crippen LogP contribution < -0.4 is 0 Å². The molecule has 1 fully saturated rings. The number of hydrogen-bond acceptors (Lipinski definition) is 5. The zero-order valence-electron chi connectivity index (χ0n) is 24.6. The molecule has 222 valence electrons. The summed E-state index contributed by atoms with van der Waals surface area (Å²) in [7, 11) is 0. The van der Waals surface area contributed by atoms with Crippen LogP contribution in [0.2, 0.25) is 0 Å². The van der Waals surface area contributed by atoms with Crippen molar-refractivity contribution in [2.24, 2.45) is 0 Å². The smallest absolute Gasteiger partial charge is 0.113 e. The van der Waals surface area contributed by atoms with Gasteiger partial charge in [0.1, 0.15) is 5.01 Å². The predicted molar refractivity (Wildman–Crippen MR) is 177 cm³/mol. The number of ether oxygens (including phenoxy) is 3. The van der Waals surface area contributed by atoms with E-state index in [1.54, 1.807) is 11.3 Å². The van der Waals surface area contributed by atoms with Crippen molar-refractivity contribution in [3.8, 4) is 10.4 Å². The molecule has 5 nitrogen and oxygen atoms in total. The average Bonchev–Trinajstić information content (AvgIpc) is 3.70. The van der Waals surface area contributed by atoms with Crippen molar-refractivity contribution in [1.82, 2.24) is 9.55 Å². The zero-order chi connectivity index (χ0) is 29.6. The van der Waals surface area contributed by atoms with E-state index in [0.717, 1.165) is 23.4 Å². The lowest BCUT2D eigenvalue weighted by Gasteiger charge is -2.35. The second-order valence-electron chi connectivity index (χ2n) is 11.4. The average molecular weight is 601 g/mol. The molecule has 44 heavy (non-hydrogen) atoms. The first-order valence-electron chi connectivity index (χ1n) is 15.3. The van der Waals surface area contributed by atoms with Gasteiger partial charge >= 0.3 is 0 Å². The number of fused-ring (bicyclic) bond motifs is 1. The molecule has 2 aromatic heterocycles. The first-order chi connectivity index (χ1) is 21.8. The van der Waals surface area contributed by atoms with Crippen molar-refractivity contribution < 1.29 is 14.2 Å². The van der Waals surface area contributed by atoms with Crippen molar-refractivity contribution in [3.63, 3.8) is 0 Å². The minimum atomic E-state index is -0.0998. The Morgan fingerprint density at radius 2 is 1.45 bits per heavy atom. The highest BCUT2D eigenvalue weighted by atomic mass is 32.1. The minimum Gasteiger partial charge on any atom is -0.374 e. The molecule has 4 aromatic carbocycles. The maximum absolute atomic E-state index is 6.79. The molecule has 1 saturated heterocycles. The van der Waals surface area contributed by atoms with Crippen molar-refractivity contribution in [1.29, 1.82) is 0 Å². The molecule has 6 aromatic rings. The first-order valence-corrected chi connectivity index (χ1v) is 16.1. The Morgan fingerprint density at radius 3 is 2.23 bits per heavy atom. The third-order valence-corrected chi connectivity index (χ3v) is 9.22. The van der Waals surface area contributed by atoms with E-state index in [0.29, 0.717) is 26.4 Å². The minimum absolute atomic E-state index is 0.0623. The van der Waals surface area contributed by atoms with E-state index in [1.807, 2.05) is 36.5 Å². The van der Waals surface area contributed by atoms with Gasteiger partial charge in [-0.05, 0) is 22.8 Å². The third kappa shape index (κ3) is 6.85. The molecular weight excluding hydrogens is 564 g/mol. The van der Waals surface area contributed by atoms with E-state index in [2.05, 4.69) is 95.7 Å². The molecule has 0 spiro atoms. The summed E-state index contributed by atoms with van der Waals surface area (Å²) in [4.78, 5) is 5.97. The van der Waals surface area contributed by atoms with Crippen LogP contribution in [0.1, 0.15) is 40.6 Å². The van der Waals surface area contributed by atoms with E-state index in [4.69, 9.17) is 19.2 Å². The molecule has 0 radical (unpaired) electrons. The van der Waals surface area contributed by atoms with Gasteiger partial charge in [-0.3, -0.25) is 0 Å². The highest BCUT2D eigenvalue weighted by molar-refractivity contribution is 7.15. The summed E-state index contributed by atoms with van der Waals surface area (Å²) in [6, 6.07) is 39.8. The van der Waals surface area contributed by atoms with Gasteiger partial charge in [0, 0.05) is 41.7 Å². The van der Waals surface area contributed by atoms with Crippen LogP contribution in [0.15, 0.2) is 128 Å². The Hall–Kier alpha value is -4.07. The number of benzene rings is 4. The lowest BCUT2D eigenvalue weighted by atomic mass is 9.95. The number of nitrogens with zero attached hydrogens (tertiary/aromatic N) is 2. The number of hydrogen-bond donors (Lipinski definition) is 0. The van der Waals surface area contributed by atoms with Gasteiger partial charge in [0.15, 0.2) is 0 Å². The number of thiazole rings is 1. The number of aromatic nitrogens is 2. The largest absolute Gasteiger partial charge is 0.374 e. The molecule has 0 aliphatic carbocycles. The molecule has 1 aliphatic rings. The Labute approximate surface area is 262 Å². The van der Waals surface area contributed by atoms with Crippen molar-refractivity contribution in [2.45, 2.75) is 50.9 Å². The van der Waals surface area contributed by atoms with Crippen LogP contribution in [-0.2, 0) is 34.0 Å². The van der Waals surface area contributed by atoms with Crippen LogP contribution in [0.5, 0.6) is 0 Å². The van der Waals surface area contributed by atoms with Crippen molar-refractivity contribution in [2.75, 3.05) is 6.61 Å². The van der Waals surface area contributed by atoms with Crippen LogP contribution in [0, 0.1) is 0 Å². The Morgan fingerprint density at radius 1 is 0.773 bits per heavy atom. The van der Waals surface area contributed by atoms with E-state index >= 15 is 0 Å². The van der Waals surface area contributed by atoms with Gasteiger partial charge < -0.3 is 18.8 Å². The van der Waals surface area contributed by atoms with Crippen LogP contribution in [0.4, 0.5) is 0 Å². The number of rotatable bonds is 11. The van der Waals surface area contributed by atoms with Crippen molar-refractivity contribution in [3.05, 3.63) is 149 Å². The fraction of sp³-hybridized carbons (Fsp3) is 0.237. The monoisotopic (exact) mass is 600 g/mol. The van der Waals surface area contributed by atoms with Crippen LogP contribution >= 0.6 is 11.3 Å². The van der Waals surface area contributed by atoms with Crippen LogP contribution in [0.3, 0.4) is 0 Å². The Balaban J connectivity index is 1.12. The summed E-state index contributed by atoms with van der Waals surface area (Å²) in [5.41, 5.74) is 5.93. The fourth-order valence-corrected chi connectivity index (χ4v) is 6.94. The molecular formula is C38H36N2O3S. The maximum atomic E-state index is 6.79. The zero-order valence-corrected chi connectivity index (χ0v) is 25.4. The van der Waals surface area contributed by atoms with Gasteiger partial charge in [0.2, 0.25) is 0 Å². The van der Waals surface area contributed by atoms with Gasteiger partial charge in [0.25, 0.3) is 0 Å². The molecule has 6 heteroatoms. The maximum Gasteiger partial charge on any atom is 0.113 e. The van der Waals surface area contributed by atoms with E-state index in [1.165, 1.54) is 32.5 Å².